The number of amides is 1. The summed E-state index contributed by atoms with van der Waals surface area (Å²) in [5.74, 6) is 1.07. The number of fused-ring (bicyclic) bond motifs is 1. The van der Waals surface area contributed by atoms with Gasteiger partial charge in [-0.05, 0) is 24.3 Å². The van der Waals surface area contributed by atoms with Crippen molar-refractivity contribution in [2.75, 3.05) is 24.7 Å². The highest BCUT2D eigenvalue weighted by atomic mass is 35.5. The Bertz CT molecular complexity index is 958. The number of hydrogen-bond donors (Lipinski definition) is 2. The maximum Gasteiger partial charge on any atom is 0.252 e. The molecule has 0 atom stereocenters. The molecule has 8 nitrogen and oxygen atoms in total. The first-order chi connectivity index (χ1) is 13.5. The van der Waals surface area contributed by atoms with Crippen molar-refractivity contribution in [2.24, 2.45) is 5.92 Å². The molecule has 0 unspecified atom stereocenters. The first-order valence-electron chi connectivity index (χ1n) is 8.89. The molecule has 0 saturated heterocycles. The van der Waals surface area contributed by atoms with Crippen LogP contribution in [0.15, 0.2) is 29.7 Å². The Morgan fingerprint density at radius 2 is 2.11 bits per heavy atom. The van der Waals surface area contributed by atoms with E-state index >= 15 is 0 Å². The van der Waals surface area contributed by atoms with E-state index in [4.69, 9.17) is 11.6 Å². The summed E-state index contributed by atoms with van der Waals surface area (Å²) in [5, 5.41) is 12.5. The molecule has 0 radical (unpaired) electrons. The zero-order chi connectivity index (χ0) is 20.1. The SMILES string of the molecule is CSc1nc(NCC(C)C)c2cnn(CCNC(=O)c3ccc(Cl)nc3)c2n1. The van der Waals surface area contributed by atoms with Crippen molar-refractivity contribution >= 4 is 46.1 Å². The molecular weight excluding hydrogens is 398 g/mol. The number of anilines is 1. The number of carbonyl (C=O) groups excluding carboxylic acids is 1. The largest absolute Gasteiger partial charge is 0.369 e. The van der Waals surface area contributed by atoms with E-state index in [1.807, 2.05) is 6.26 Å². The van der Waals surface area contributed by atoms with Gasteiger partial charge in [0.2, 0.25) is 0 Å². The number of hydrogen-bond acceptors (Lipinski definition) is 7. The standard InChI is InChI=1S/C18H22ClN7OS/c1-11(2)8-22-15-13-10-23-26(16(13)25-18(24-15)28-3)7-6-20-17(27)12-4-5-14(19)21-9-12/h4-5,9-11H,6-8H2,1-3H3,(H,20,27)(H,22,24,25). The first-order valence-corrected chi connectivity index (χ1v) is 10.5. The van der Waals surface area contributed by atoms with Crippen LogP contribution in [-0.4, -0.2) is 50.0 Å². The fourth-order valence-corrected chi connectivity index (χ4v) is 2.99. The van der Waals surface area contributed by atoms with Crippen molar-refractivity contribution in [2.45, 2.75) is 25.5 Å². The van der Waals surface area contributed by atoms with Gasteiger partial charge in [0.05, 0.1) is 23.7 Å². The van der Waals surface area contributed by atoms with E-state index in [2.05, 4.69) is 44.5 Å². The maximum atomic E-state index is 12.2. The topological polar surface area (TPSA) is 97.6 Å². The van der Waals surface area contributed by atoms with Gasteiger partial charge in [0.1, 0.15) is 11.0 Å². The van der Waals surface area contributed by atoms with Crippen molar-refractivity contribution < 1.29 is 4.79 Å². The van der Waals surface area contributed by atoms with Gasteiger partial charge in [-0.2, -0.15) is 5.10 Å². The Morgan fingerprint density at radius 3 is 2.79 bits per heavy atom. The van der Waals surface area contributed by atoms with Crippen LogP contribution in [0, 0.1) is 5.92 Å². The number of nitrogens with one attached hydrogen (secondary N) is 2. The molecule has 3 heterocycles. The number of thioether (sulfide) groups is 1. The summed E-state index contributed by atoms with van der Waals surface area (Å²) >= 11 is 7.23. The summed E-state index contributed by atoms with van der Waals surface area (Å²) < 4.78 is 1.78. The van der Waals surface area contributed by atoms with E-state index < -0.39 is 0 Å². The van der Waals surface area contributed by atoms with Crippen LogP contribution >= 0.6 is 23.4 Å². The number of pyridine rings is 1. The molecule has 2 N–H and O–H groups in total. The molecule has 0 aliphatic carbocycles. The van der Waals surface area contributed by atoms with Crippen LogP contribution < -0.4 is 10.6 Å². The van der Waals surface area contributed by atoms with Crippen LogP contribution in [0.3, 0.4) is 0 Å². The van der Waals surface area contributed by atoms with E-state index in [1.54, 1.807) is 23.0 Å². The molecule has 3 aromatic rings. The van der Waals surface area contributed by atoms with Gasteiger partial charge in [-0.1, -0.05) is 37.2 Å². The average molecular weight is 420 g/mol. The van der Waals surface area contributed by atoms with Crippen molar-refractivity contribution in [1.29, 1.82) is 0 Å². The Labute approximate surface area is 172 Å². The minimum Gasteiger partial charge on any atom is -0.369 e. The van der Waals surface area contributed by atoms with Gasteiger partial charge in [-0.15, -0.1) is 0 Å². The van der Waals surface area contributed by atoms with Crippen molar-refractivity contribution in [3.8, 4) is 0 Å². The monoisotopic (exact) mass is 419 g/mol. The second-order valence-corrected chi connectivity index (χ2v) is 7.72. The van der Waals surface area contributed by atoms with Crippen LogP contribution in [0.1, 0.15) is 24.2 Å². The molecule has 28 heavy (non-hydrogen) atoms. The fraction of sp³-hybridized carbons (Fsp3) is 0.389. The van der Waals surface area contributed by atoms with Crippen LogP contribution in [-0.2, 0) is 6.54 Å². The van der Waals surface area contributed by atoms with E-state index in [1.165, 1.54) is 18.0 Å². The smallest absolute Gasteiger partial charge is 0.252 e. The molecule has 3 rings (SSSR count). The van der Waals surface area contributed by atoms with Gasteiger partial charge >= 0.3 is 0 Å². The zero-order valence-corrected chi connectivity index (χ0v) is 17.5. The summed E-state index contributed by atoms with van der Waals surface area (Å²) in [6.07, 6.45) is 5.15. The minimum absolute atomic E-state index is 0.209. The highest BCUT2D eigenvalue weighted by Gasteiger charge is 2.13. The highest BCUT2D eigenvalue weighted by Crippen LogP contribution is 2.23. The van der Waals surface area contributed by atoms with Gasteiger partial charge in [-0.25, -0.2) is 19.6 Å². The Morgan fingerprint density at radius 1 is 1.29 bits per heavy atom. The number of halogens is 1. The quantitative estimate of drug-likeness (QED) is 0.329. The number of nitrogens with zero attached hydrogens (tertiary/aromatic N) is 5. The van der Waals surface area contributed by atoms with E-state index in [0.717, 1.165) is 23.4 Å². The molecule has 0 spiro atoms. The van der Waals surface area contributed by atoms with Gasteiger partial charge in [0.15, 0.2) is 10.8 Å². The third-order valence-electron chi connectivity index (χ3n) is 3.93. The molecule has 148 valence electrons. The third kappa shape index (κ3) is 4.90. The predicted molar refractivity (Wildman–Crippen MR) is 112 cm³/mol. The maximum absolute atomic E-state index is 12.2. The van der Waals surface area contributed by atoms with Crippen molar-refractivity contribution in [1.82, 2.24) is 30.0 Å². The molecule has 0 saturated carbocycles. The lowest BCUT2D eigenvalue weighted by Crippen LogP contribution is -2.27. The summed E-state index contributed by atoms with van der Waals surface area (Å²) in [6, 6.07) is 3.22. The zero-order valence-electron chi connectivity index (χ0n) is 15.9. The minimum atomic E-state index is -0.209. The first kappa shape index (κ1) is 20.3. The molecule has 0 aliphatic rings. The molecule has 10 heteroatoms. The van der Waals surface area contributed by atoms with E-state index in [-0.39, 0.29) is 5.91 Å². The lowest BCUT2D eigenvalue weighted by Gasteiger charge is -2.10. The molecule has 0 fully saturated rings. The van der Waals surface area contributed by atoms with Crippen LogP contribution in [0.2, 0.25) is 5.15 Å². The second-order valence-electron chi connectivity index (χ2n) is 6.56. The third-order valence-corrected chi connectivity index (χ3v) is 4.71. The Balaban J connectivity index is 1.71. The molecule has 1 amide bonds. The fourth-order valence-electron chi connectivity index (χ4n) is 2.51. The van der Waals surface area contributed by atoms with Crippen molar-refractivity contribution in [3.63, 3.8) is 0 Å². The number of rotatable bonds is 8. The lowest BCUT2D eigenvalue weighted by atomic mass is 10.2. The normalized spacial score (nSPS) is 11.2. The van der Waals surface area contributed by atoms with E-state index in [0.29, 0.717) is 34.9 Å². The lowest BCUT2D eigenvalue weighted by molar-refractivity contribution is 0.0951. The second kappa shape index (κ2) is 9.20. The van der Waals surface area contributed by atoms with Crippen molar-refractivity contribution in [3.05, 3.63) is 35.2 Å². The summed E-state index contributed by atoms with van der Waals surface area (Å²) in [4.78, 5) is 25.2. The van der Waals surface area contributed by atoms with Gasteiger partial charge < -0.3 is 10.6 Å². The number of carbonyl (C=O) groups is 1. The van der Waals surface area contributed by atoms with Gasteiger partial charge in [0, 0.05) is 19.3 Å². The number of aromatic nitrogens is 5. The molecule has 0 bridgehead atoms. The van der Waals surface area contributed by atoms with Gasteiger partial charge in [0.25, 0.3) is 5.91 Å². The van der Waals surface area contributed by atoms with E-state index in [9.17, 15) is 4.79 Å². The highest BCUT2D eigenvalue weighted by molar-refractivity contribution is 7.98. The average Bonchev–Trinajstić information content (AvgIpc) is 3.09. The Hall–Kier alpha value is -2.39. The molecular formula is C18H22ClN7OS. The van der Waals surface area contributed by atoms with Crippen LogP contribution in [0.5, 0.6) is 0 Å². The molecule has 0 aromatic carbocycles. The molecule has 0 aliphatic heterocycles. The van der Waals surface area contributed by atoms with Crippen LogP contribution in [0.4, 0.5) is 5.82 Å². The Kier molecular flexibility index (Phi) is 6.69. The summed E-state index contributed by atoms with van der Waals surface area (Å²) in [5.41, 5.74) is 1.20. The predicted octanol–water partition coefficient (Wildman–Crippen LogP) is 3.09. The summed E-state index contributed by atoms with van der Waals surface area (Å²) in [6.45, 7) is 6.00. The van der Waals surface area contributed by atoms with Gasteiger partial charge in [-0.3, -0.25) is 4.79 Å². The van der Waals surface area contributed by atoms with Crippen LogP contribution in [0.25, 0.3) is 11.0 Å². The summed E-state index contributed by atoms with van der Waals surface area (Å²) in [7, 11) is 0. The molecule has 3 aromatic heterocycles.